The van der Waals surface area contributed by atoms with E-state index in [1.807, 2.05) is 4.90 Å². The van der Waals surface area contributed by atoms with Crippen LogP contribution in [0.1, 0.15) is 49.0 Å². The maximum absolute atomic E-state index is 12.5. The van der Waals surface area contributed by atoms with Gasteiger partial charge in [0.1, 0.15) is 0 Å². The molecule has 1 saturated heterocycles. The van der Waals surface area contributed by atoms with Gasteiger partial charge in [0.15, 0.2) is 12.3 Å². The summed E-state index contributed by atoms with van der Waals surface area (Å²) in [5.41, 5.74) is -0.141. The summed E-state index contributed by atoms with van der Waals surface area (Å²) >= 11 is 17.7. The standard InChI is InChI=1S/C17H19Cl3N2O3/c18-11-8-21-16(15(20)14(11)19)17(24)25-9-13(23)22-7-3-5-10-4-1-2-6-12(10)22/h8,10,12H,1-7,9H2/t10-,12+/m1/s1. The number of carbonyl (C=O) groups excluding carboxylic acids is 2. The molecule has 0 spiro atoms. The van der Waals surface area contributed by atoms with E-state index in [9.17, 15) is 9.59 Å². The zero-order chi connectivity index (χ0) is 18.0. The highest BCUT2D eigenvalue weighted by atomic mass is 35.5. The van der Waals surface area contributed by atoms with Gasteiger partial charge < -0.3 is 9.64 Å². The lowest BCUT2D eigenvalue weighted by Crippen LogP contribution is -2.50. The van der Waals surface area contributed by atoms with Gasteiger partial charge in [0.2, 0.25) is 0 Å². The van der Waals surface area contributed by atoms with Crippen molar-refractivity contribution in [1.82, 2.24) is 9.88 Å². The number of aromatic nitrogens is 1. The third-order valence-corrected chi connectivity index (χ3v) is 6.24. The zero-order valence-corrected chi connectivity index (χ0v) is 15.9. The van der Waals surface area contributed by atoms with Crippen LogP contribution in [0.25, 0.3) is 0 Å². The largest absolute Gasteiger partial charge is 0.451 e. The van der Waals surface area contributed by atoms with Gasteiger partial charge >= 0.3 is 5.97 Å². The monoisotopic (exact) mass is 404 g/mol. The van der Waals surface area contributed by atoms with Crippen LogP contribution in [-0.4, -0.2) is 41.0 Å². The highest BCUT2D eigenvalue weighted by Crippen LogP contribution is 2.35. The topological polar surface area (TPSA) is 59.5 Å². The molecule has 0 radical (unpaired) electrons. The molecule has 0 unspecified atom stereocenters. The van der Waals surface area contributed by atoms with Gasteiger partial charge in [0.25, 0.3) is 5.91 Å². The van der Waals surface area contributed by atoms with E-state index in [1.165, 1.54) is 25.5 Å². The van der Waals surface area contributed by atoms with Crippen LogP contribution in [0.4, 0.5) is 0 Å². The molecule has 1 aliphatic carbocycles. The molecule has 2 atom stereocenters. The first kappa shape index (κ1) is 18.7. The number of fused-ring (bicyclic) bond motifs is 1. The van der Waals surface area contributed by atoms with Crippen LogP contribution in [0.15, 0.2) is 6.20 Å². The number of hydrogen-bond donors (Lipinski definition) is 0. The number of rotatable bonds is 3. The lowest BCUT2D eigenvalue weighted by molar-refractivity contribution is -0.140. The van der Waals surface area contributed by atoms with Crippen molar-refractivity contribution in [1.29, 1.82) is 0 Å². The molecule has 3 rings (SSSR count). The van der Waals surface area contributed by atoms with Crippen LogP contribution >= 0.6 is 34.8 Å². The summed E-state index contributed by atoms with van der Waals surface area (Å²) in [4.78, 5) is 30.4. The molecule has 0 bridgehead atoms. The Hall–Kier alpha value is -1.04. The van der Waals surface area contributed by atoms with Gasteiger partial charge in [-0.1, -0.05) is 47.6 Å². The average molecular weight is 406 g/mol. The molecule has 1 aromatic rings. The van der Waals surface area contributed by atoms with Crippen molar-refractivity contribution in [2.75, 3.05) is 13.2 Å². The number of halogens is 3. The summed E-state index contributed by atoms with van der Waals surface area (Å²) in [7, 11) is 0. The number of esters is 1. The summed E-state index contributed by atoms with van der Waals surface area (Å²) in [6.07, 6.45) is 8.00. The van der Waals surface area contributed by atoms with E-state index < -0.39 is 5.97 Å². The molecule has 2 aliphatic rings. The molecule has 1 amide bonds. The third-order valence-electron chi connectivity index (χ3n) is 5.00. The van der Waals surface area contributed by atoms with E-state index in [4.69, 9.17) is 39.5 Å². The predicted molar refractivity (Wildman–Crippen MR) is 96.2 cm³/mol. The number of likely N-dealkylation sites (tertiary alicyclic amines) is 1. The Kier molecular flexibility index (Phi) is 6.08. The maximum Gasteiger partial charge on any atom is 0.359 e. The predicted octanol–water partition coefficient (Wildman–Crippen LogP) is 4.38. The minimum atomic E-state index is -0.783. The minimum absolute atomic E-state index is 0.0395. The van der Waals surface area contributed by atoms with Crippen LogP contribution in [0.2, 0.25) is 15.1 Å². The molecule has 8 heteroatoms. The Labute approximate surface area is 161 Å². The smallest absolute Gasteiger partial charge is 0.359 e. The third kappa shape index (κ3) is 4.04. The molecule has 5 nitrogen and oxygen atoms in total. The second-order valence-corrected chi connectivity index (χ2v) is 7.66. The van der Waals surface area contributed by atoms with Gasteiger partial charge in [-0.25, -0.2) is 9.78 Å². The molecule has 0 N–H and O–H groups in total. The lowest BCUT2D eigenvalue weighted by atomic mass is 9.78. The van der Waals surface area contributed by atoms with Crippen LogP contribution in [-0.2, 0) is 9.53 Å². The van der Waals surface area contributed by atoms with Crippen molar-refractivity contribution >= 4 is 46.7 Å². The van der Waals surface area contributed by atoms with Gasteiger partial charge in [0.05, 0.1) is 15.1 Å². The molecule has 2 fully saturated rings. The molecule has 0 aromatic carbocycles. The second-order valence-electron chi connectivity index (χ2n) is 6.50. The van der Waals surface area contributed by atoms with Crippen molar-refractivity contribution in [3.8, 4) is 0 Å². The van der Waals surface area contributed by atoms with Gasteiger partial charge in [-0.2, -0.15) is 0 Å². The summed E-state index contributed by atoms with van der Waals surface area (Å²) < 4.78 is 5.12. The van der Waals surface area contributed by atoms with Crippen LogP contribution < -0.4 is 0 Å². The molecule has 136 valence electrons. The van der Waals surface area contributed by atoms with Gasteiger partial charge in [-0.05, 0) is 31.6 Å². The number of piperidine rings is 1. The summed E-state index contributed by atoms with van der Waals surface area (Å²) in [5, 5.41) is 0.116. The van der Waals surface area contributed by atoms with Crippen LogP contribution in [0, 0.1) is 5.92 Å². The quantitative estimate of drug-likeness (QED) is 0.700. The Morgan fingerprint density at radius 2 is 1.84 bits per heavy atom. The Morgan fingerprint density at radius 1 is 1.12 bits per heavy atom. The molecule has 2 heterocycles. The highest BCUT2D eigenvalue weighted by Gasteiger charge is 2.36. The SMILES string of the molecule is O=C(OCC(=O)N1CCC[C@H]2CCCC[C@@H]21)c1ncc(Cl)c(Cl)c1Cl. The van der Waals surface area contributed by atoms with E-state index in [0.29, 0.717) is 5.92 Å². The first-order valence-corrected chi connectivity index (χ1v) is 9.58. The normalized spacial score (nSPS) is 23.1. The number of amides is 1. The van der Waals surface area contributed by atoms with Crippen molar-refractivity contribution in [2.45, 2.75) is 44.6 Å². The Morgan fingerprint density at radius 3 is 2.64 bits per heavy atom. The zero-order valence-electron chi connectivity index (χ0n) is 13.6. The average Bonchev–Trinajstić information content (AvgIpc) is 2.63. The fraction of sp³-hybridized carbons (Fsp3) is 0.588. The molecule has 1 aliphatic heterocycles. The summed E-state index contributed by atoms with van der Waals surface area (Å²) in [6.45, 7) is 0.406. The highest BCUT2D eigenvalue weighted by molar-refractivity contribution is 6.48. The van der Waals surface area contributed by atoms with E-state index in [2.05, 4.69) is 4.98 Å². The number of pyridine rings is 1. The van der Waals surface area contributed by atoms with Gasteiger partial charge in [0, 0.05) is 18.8 Å². The van der Waals surface area contributed by atoms with Gasteiger partial charge in [-0.15, -0.1) is 0 Å². The molecule has 1 saturated carbocycles. The van der Waals surface area contributed by atoms with E-state index in [-0.39, 0.29) is 39.3 Å². The fourth-order valence-electron chi connectivity index (χ4n) is 3.80. The lowest BCUT2D eigenvalue weighted by Gasteiger charge is -2.44. The summed E-state index contributed by atoms with van der Waals surface area (Å²) in [6, 6.07) is 0.278. The first-order chi connectivity index (χ1) is 12.0. The maximum atomic E-state index is 12.5. The van der Waals surface area contributed by atoms with Crippen LogP contribution in [0.5, 0.6) is 0 Å². The fourth-order valence-corrected chi connectivity index (χ4v) is 4.36. The number of carbonyl (C=O) groups is 2. The van der Waals surface area contributed by atoms with E-state index in [1.54, 1.807) is 0 Å². The van der Waals surface area contributed by atoms with Crippen molar-refractivity contribution in [3.05, 3.63) is 27.0 Å². The number of nitrogens with zero attached hydrogens (tertiary/aromatic N) is 2. The van der Waals surface area contributed by atoms with Crippen molar-refractivity contribution in [3.63, 3.8) is 0 Å². The van der Waals surface area contributed by atoms with Gasteiger partial charge in [-0.3, -0.25) is 4.79 Å². The van der Waals surface area contributed by atoms with E-state index >= 15 is 0 Å². The molecular weight excluding hydrogens is 387 g/mol. The Balaban J connectivity index is 1.62. The molecular formula is C17H19Cl3N2O3. The van der Waals surface area contributed by atoms with E-state index in [0.717, 1.165) is 25.8 Å². The first-order valence-electron chi connectivity index (χ1n) is 8.45. The second kappa shape index (κ2) is 8.11. The van der Waals surface area contributed by atoms with Crippen molar-refractivity contribution < 1.29 is 14.3 Å². The minimum Gasteiger partial charge on any atom is -0.451 e. The number of ether oxygens (including phenoxy) is 1. The molecule has 25 heavy (non-hydrogen) atoms. The van der Waals surface area contributed by atoms with Crippen molar-refractivity contribution in [2.24, 2.45) is 5.92 Å². The molecule has 1 aromatic heterocycles. The number of hydrogen-bond acceptors (Lipinski definition) is 4. The Bertz CT molecular complexity index is 681. The van der Waals surface area contributed by atoms with Crippen LogP contribution in [0.3, 0.4) is 0 Å². The summed E-state index contributed by atoms with van der Waals surface area (Å²) in [5.74, 6) is -0.372.